The molecule has 0 bridgehead atoms. The summed E-state index contributed by atoms with van der Waals surface area (Å²) in [6.45, 7) is 8.11. The normalized spacial score (nSPS) is 12.8. The average molecular weight is 702 g/mol. The van der Waals surface area contributed by atoms with E-state index in [4.69, 9.17) is 14.2 Å². The van der Waals surface area contributed by atoms with Crippen LogP contribution in [0.25, 0.3) is 11.6 Å². The van der Waals surface area contributed by atoms with Crippen LogP contribution in [-0.4, -0.2) is 34.2 Å². The summed E-state index contributed by atoms with van der Waals surface area (Å²) in [5, 5.41) is 30.5. The predicted octanol–water partition coefficient (Wildman–Crippen LogP) is 10.5. The van der Waals surface area contributed by atoms with Gasteiger partial charge in [0.05, 0.1) is 0 Å². The molecule has 5 aromatic carbocycles. The fourth-order valence-corrected chi connectivity index (χ4v) is 5.85. The number of benzene rings is 5. The zero-order chi connectivity index (χ0) is 36.9. The molecule has 0 aliphatic heterocycles. The van der Waals surface area contributed by atoms with Gasteiger partial charge in [-0.2, -0.15) is 0 Å². The summed E-state index contributed by atoms with van der Waals surface area (Å²) >= 11 is 0. The van der Waals surface area contributed by atoms with E-state index < -0.39 is 18.9 Å². The topological polar surface area (TPSA) is 91.6 Å². The molecule has 0 aliphatic rings. The van der Waals surface area contributed by atoms with Crippen molar-refractivity contribution in [3.8, 4) is 17.2 Å². The second-order valence-corrected chi connectivity index (χ2v) is 12.9. The maximum absolute atomic E-state index is 10.2. The summed E-state index contributed by atoms with van der Waals surface area (Å²) in [5.74, 6) is 1.83. The predicted molar refractivity (Wildman–Crippen MR) is 210 cm³/mol. The van der Waals surface area contributed by atoms with E-state index in [2.05, 4.69) is 66.4 Å². The number of nitrogens with zero attached hydrogens (tertiary/aromatic N) is 1. The number of hydrogen-bond acceptors (Lipinski definition) is 7. The SMILES string of the molecule is CCCC(O)Oc1ccc(C(=Cc2ccc(N(c3ccc(C)cc3)c3ccc(OC(O)CCC)cc3)cc2)c2ccc(OC(O)CCC)cc2)cc1. The molecule has 3 N–H and O–H groups in total. The van der Waals surface area contributed by atoms with Gasteiger partial charge in [-0.05, 0) is 108 Å². The molecule has 0 aromatic heterocycles. The highest BCUT2D eigenvalue weighted by Gasteiger charge is 2.15. The molecule has 3 unspecified atom stereocenters. The molecule has 5 aromatic rings. The van der Waals surface area contributed by atoms with Crippen molar-refractivity contribution in [2.24, 2.45) is 0 Å². The third-order valence-electron chi connectivity index (χ3n) is 8.60. The molecular weight excluding hydrogens is 650 g/mol. The highest BCUT2D eigenvalue weighted by molar-refractivity contribution is 5.92. The number of aryl methyl sites for hydroxylation is 1. The van der Waals surface area contributed by atoms with Crippen LogP contribution >= 0.6 is 0 Å². The van der Waals surface area contributed by atoms with Crippen molar-refractivity contribution in [1.82, 2.24) is 0 Å². The monoisotopic (exact) mass is 701 g/mol. The molecule has 0 aliphatic carbocycles. The third kappa shape index (κ3) is 10.7. The summed E-state index contributed by atoms with van der Waals surface area (Å²) in [7, 11) is 0. The second-order valence-electron chi connectivity index (χ2n) is 12.9. The number of aliphatic hydroxyl groups is 3. The van der Waals surface area contributed by atoms with Crippen LogP contribution in [0.15, 0.2) is 121 Å². The lowest BCUT2D eigenvalue weighted by Gasteiger charge is -2.26. The Labute approximate surface area is 308 Å². The minimum absolute atomic E-state index is 0.564. The van der Waals surface area contributed by atoms with Crippen molar-refractivity contribution in [3.05, 3.63) is 144 Å². The maximum atomic E-state index is 10.2. The molecule has 0 saturated carbocycles. The van der Waals surface area contributed by atoms with Crippen LogP contribution in [-0.2, 0) is 0 Å². The summed E-state index contributed by atoms with van der Waals surface area (Å²) in [6, 6.07) is 40.1. The third-order valence-corrected chi connectivity index (χ3v) is 8.60. The van der Waals surface area contributed by atoms with Crippen molar-refractivity contribution in [3.63, 3.8) is 0 Å². The molecule has 0 radical (unpaired) electrons. The molecular formula is C45H51NO6. The number of anilines is 3. The number of hydrogen-bond donors (Lipinski definition) is 3. The Morgan fingerprint density at radius 2 is 0.827 bits per heavy atom. The van der Waals surface area contributed by atoms with E-state index in [0.29, 0.717) is 36.5 Å². The molecule has 0 saturated heterocycles. The highest BCUT2D eigenvalue weighted by atomic mass is 16.6. The molecule has 52 heavy (non-hydrogen) atoms. The Kier molecular flexibility index (Phi) is 13.9. The largest absolute Gasteiger partial charge is 0.465 e. The van der Waals surface area contributed by atoms with Gasteiger partial charge < -0.3 is 34.4 Å². The smallest absolute Gasteiger partial charge is 0.197 e. The van der Waals surface area contributed by atoms with Crippen molar-refractivity contribution in [2.75, 3.05) is 4.90 Å². The van der Waals surface area contributed by atoms with Gasteiger partial charge in [0.25, 0.3) is 0 Å². The van der Waals surface area contributed by atoms with Crippen LogP contribution in [0.4, 0.5) is 17.1 Å². The second kappa shape index (κ2) is 19.0. The van der Waals surface area contributed by atoms with Crippen LogP contribution in [0, 0.1) is 6.92 Å². The van der Waals surface area contributed by atoms with Crippen LogP contribution in [0.3, 0.4) is 0 Å². The summed E-state index contributed by atoms with van der Waals surface area (Å²) in [5.41, 5.74) is 8.11. The molecule has 0 fully saturated rings. The molecule has 5 rings (SSSR count). The van der Waals surface area contributed by atoms with Crippen molar-refractivity contribution in [2.45, 2.75) is 85.1 Å². The van der Waals surface area contributed by atoms with E-state index in [0.717, 1.165) is 58.6 Å². The van der Waals surface area contributed by atoms with Gasteiger partial charge in [0.2, 0.25) is 0 Å². The van der Waals surface area contributed by atoms with Gasteiger partial charge in [-0.25, -0.2) is 0 Å². The molecule has 0 amide bonds. The number of ether oxygens (including phenoxy) is 3. The molecule has 0 spiro atoms. The Balaban J connectivity index is 1.47. The standard InChI is InChI=1S/C45H51NO6/c1-5-8-43(47)50-39-25-15-34(16-26-39)42(35-17-27-40(28-18-35)51-44(48)9-6-2)31-33-13-21-37(22-14-33)46(36-19-11-32(4)12-20-36)38-23-29-41(30-24-38)52-45(49)10-7-3/h11-31,43-45,47-49H,5-10H2,1-4H3. The molecule has 7 nitrogen and oxygen atoms in total. The van der Waals surface area contributed by atoms with Gasteiger partial charge in [0.1, 0.15) is 17.2 Å². The average Bonchev–Trinajstić information content (AvgIpc) is 3.14. The van der Waals surface area contributed by atoms with Crippen LogP contribution in [0.2, 0.25) is 0 Å². The van der Waals surface area contributed by atoms with Gasteiger partial charge in [-0.1, -0.05) is 94.1 Å². The lowest BCUT2D eigenvalue weighted by Crippen LogP contribution is -2.15. The van der Waals surface area contributed by atoms with E-state index in [1.165, 1.54) is 5.56 Å². The molecule has 272 valence electrons. The van der Waals surface area contributed by atoms with Gasteiger partial charge in [-0.3, -0.25) is 0 Å². The Hall–Kier alpha value is -5.08. The summed E-state index contributed by atoms with van der Waals surface area (Å²) < 4.78 is 17.1. The highest BCUT2D eigenvalue weighted by Crippen LogP contribution is 2.37. The molecule has 0 heterocycles. The minimum atomic E-state index is -0.843. The first kappa shape index (κ1) is 38.2. The lowest BCUT2D eigenvalue weighted by atomic mass is 9.95. The van der Waals surface area contributed by atoms with Crippen molar-refractivity contribution >= 4 is 28.7 Å². The summed E-state index contributed by atoms with van der Waals surface area (Å²) in [6.07, 6.45) is 3.83. The van der Waals surface area contributed by atoms with Gasteiger partial charge in [0, 0.05) is 36.3 Å². The van der Waals surface area contributed by atoms with E-state index >= 15 is 0 Å². The first-order valence-electron chi connectivity index (χ1n) is 18.3. The number of aliphatic hydroxyl groups excluding tert-OH is 3. The van der Waals surface area contributed by atoms with E-state index in [-0.39, 0.29) is 0 Å². The maximum Gasteiger partial charge on any atom is 0.197 e. The van der Waals surface area contributed by atoms with Gasteiger partial charge in [-0.15, -0.1) is 0 Å². The lowest BCUT2D eigenvalue weighted by molar-refractivity contribution is -0.0238. The van der Waals surface area contributed by atoms with E-state index in [1.807, 2.05) is 93.6 Å². The quantitative estimate of drug-likeness (QED) is 0.0619. The van der Waals surface area contributed by atoms with Crippen LogP contribution in [0.5, 0.6) is 17.2 Å². The van der Waals surface area contributed by atoms with Gasteiger partial charge >= 0.3 is 0 Å². The van der Waals surface area contributed by atoms with E-state index in [1.54, 1.807) is 0 Å². The Morgan fingerprint density at radius 1 is 0.500 bits per heavy atom. The Bertz CT molecular complexity index is 1760. The van der Waals surface area contributed by atoms with Crippen LogP contribution in [0.1, 0.15) is 81.5 Å². The fourth-order valence-electron chi connectivity index (χ4n) is 5.85. The molecule has 3 atom stereocenters. The first-order chi connectivity index (χ1) is 25.3. The molecule has 7 heteroatoms. The Morgan fingerprint density at radius 3 is 1.19 bits per heavy atom. The van der Waals surface area contributed by atoms with E-state index in [9.17, 15) is 15.3 Å². The first-order valence-corrected chi connectivity index (χ1v) is 18.3. The summed E-state index contributed by atoms with van der Waals surface area (Å²) in [4.78, 5) is 2.19. The minimum Gasteiger partial charge on any atom is -0.465 e. The van der Waals surface area contributed by atoms with Gasteiger partial charge in [0.15, 0.2) is 18.9 Å². The zero-order valence-electron chi connectivity index (χ0n) is 30.6. The number of rotatable bonds is 18. The van der Waals surface area contributed by atoms with Crippen molar-refractivity contribution in [1.29, 1.82) is 0 Å². The van der Waals surface area contributed by atoms with Crippen molar-refractivity contribution < 1.29 is 29.5 Å². The van der Waals surface area contributed by atoms with Crippen LogP contribution < -0.4 is 19.1 Å². The fraction of sp³-hybridized carbons (Fsp3) is 0.289. The zero-order valence-corrected chi connectivity index (χ0v) is 30.6.